The van der Waals surface area contributed by atoms with Crippen LogP contribution in [0.15, 0.2) is 66.7 Å². The fourth-order valence-corrected chi connectivity index (χ4v) is 2.32. The third-order valence-electron chi connectivity index (χ3n) is 3.58. The van der Waals surface area contributed by atoms with Crippen LogP contribution in [0.2, 0.25) is 0 Å². The van der Waals surface area contributed by atoms with Crippen LogP contribution in [0.1, 0.15) is 5.56 Å². The molecule has 0 aliphatic rings. The number of carbonyl (C=O) groups excluding carboxylic acids is 2. The first-order chi connectivity index (χ1) is 11.6. The summed E-state index contributed by atoms with van der Waals surface area (Å²) in [7, 11) is 0. The van der Waals surface area contributed by atoms with Crippen molar-refractivity contribution in [1.29, 1.82) is 0 Å². The van der Waals surface area contributed by atoms with E-state index >= 15 is 0 Å². The molecule has 0 heterocycles. The Morgan fingerprint density at radius 2 is 1.54 bits per heavy atom. The number of anilines is 1. The zero-order chi connectivity index (χ0) is 16.9. The summed E-state index contributed by atoms with van der Waals surface area (Å²) in [5.41, 5.74) is 1.26. The molecule has 3 aromatic rings. The van der Waals surface area contributed by atoms with Crippen LogP contribution in [0.5, 0.6) is 0 Å². The van der Waals surface area contributed by atoms with Gasteiger partial charge >= 0.3 is 11.8 Å². The van der Waals surface area contributed by atoms with E-state index in [1.807, 2.05) is 30.3 Å². The van der Waals surface area contributed by atoms with Gasteiger partial charge in [-0.05, 0) is 40.6 Å². The van der Waals surface area contributed by atoms with E-state index in [-0.39, 0.29) is 12.4 Å². The van der Waals surface area contributed by atoms with Crippen molar-refractivity contribution in [3.63, 3.8) is 0 Å². The average molecular weight is 322 g/mol. The van der Waals surface area contributed by atoms with E-state index in [4.69, 9.17) is 0 Å². The lowest BCUT2D eigenvalue weighted by atomic mass is 10.1. The third-order valence-corrected chi connectivity index (χ3v) is 3.58. The second kappa shape index (κ2) is 6.91. The van der Waals surface area contributed by atoms with E-state index < -0.39 is 11.8 Å². The van der Waals surface area contributed by atoms with Crippen LogP contribution < -0.4 is 10.6 Å². The summed E-state index contributed by atoms with van der Waals surface area (Å²) in [5, 5.41) is 7.10. The minimum absolute atomic E-state index is 0.157. The number of rotatable bonds is 3. The molecule has 0 aromatic heterocycles. The maximum atomic E-state index is 12.8. The number of fused-ring (bicyclic) bond motifs is 1. The molecule has 0 saturated heterocycles. The molecule has 0 fully saturated rings. The smallest absolute Gasteiger partial charge is 0.313 e. The molecular formula is C19H15FN2O2. The Balaban J connectivity index is 1.60. The van der Waals surface area contributed by atoms with Crippen LogP contribution in [0.4, 0.5) is 10.1 Å². The Bertz CT molecular complexity index is 891. The van der Waals surface area contributed by atoms with Crippen LogP contribution >= 0.6 is 0 Å². The molecule has 4 nitrogen and oxygen atoms in total. The minimum Gasteiger partial charge on any atom is -0.344 e. The number of halogens is 1. The third kappa shape index (κ3) is 3.76. The first-order valence-electron chi connectivity index (χ1n) is 7.44. The van der Waals surface area contributed by atoms with Crippen molar-refractivity contribution in [2.75, 3.05) is 5.32 Å². The summed E-state index contributed by atoms with van der Waals surface area (Å²) >= 11 is 0. The lowest BCUT2D eigenvalue weighted by Gasteiger charge is -2.07. The largest absolute Gasteiger partial charge is 0.344 e. The summed E-state index contributed by atoms with van der Waals surface area (Å²) in [5.74, 6) is -1.83. The second-order valence-electron chi connectivity index (χ2n) is 5.33. The molecule has 2 amide bonds. The predicted octanol–water partition coefficient (Wildman–Crippen LogP) is 3.23. The monoisotopic (exact) mass is 322 g/mol. The molecule has 0 spiro atoms. The van der Waals surface area contributed by atoms with Crippen LogP contribution in [0, 0.1) is 5.82 Å². The van der Waals surface area contributed by atoms with Gasteiger partial charge < -0.3 is 10.6 Å². The number of amides is 2. The maximum Gasteiger partial charge on any atom is 0.313 e. The molecular weight excluding hydrogens is 307 g/mol. The van der Waals surface area contributed by atoms with Crippen molar-refractivity contribution in [2.24, 2.45) is 0 Å². The first-order valence-corrected chi connectivity index (χ1v) is 7.44. The normalized spacial score (nSPS) is 10.4. The van der Waals surface area contributed by atoms with E-state index in [0.29, 0.717) is 11.3 Å². The number of nitrogens with one attached hydrogen (secondary N) is 2. The summed E-state index contributed by atoms with van der Waals surface area (Å²) in [6.07, 6.45) is 0. The van der Waals surface area contributed by atoms with Crippen molar-refractivity contribution in [3.05, 3.63) is 78.1 Å². The summed E-state index contributed by atoms with van der Waals surface area (Å²) in [4.78, 5) is 23.8. The molecule has 5 heteroatoms. The Hall–Kier alpha value is -3.21. The molecule has 2 N–H and O–H groups in total. The molecule has 0 bridgehead atoms. The van der Waals surface area contributed by atoms with Crippen LogP contribution in [0.3, 0.4) is 0 Å². The number of hydrogen-bond donors (Lipinski definition) is 2. The van der Waals surface area contributed by atoms with Crippen molar-refractivity contribution < 1.29 is 14.0 Å². The summed E-state index contributed by atoms with van der Waals surface area (Å²) in [6, 6.07) is 18.9. The van der Waals surface area contributed by atoms with Crippen molar-refractivity contribution in [3.8, 4) is 0 Å². The number of hydrogen-bond acceptors (Lipinski definition) is 2. The summed E-state index contributed by atoms with van der Waals surface area (Å²) < 4.78 is 12.8. The molecule has 0 atom stereocenters. The van der Waals surface area contributed by atoms with E-state index in [1.165, 1.54) is 12.1 Å². The van der Waals surface area contributed by atoms with E-state index in [9.17, 15) is 14.0 Å². The highest BCUT2D eigenvalue weighted by molar-refractivity contribution is 6.39. The SMILES string of the molecule is O=C(NCc1ccc(F)cc1)C(=O)Nc1ccc2ccccc2c1. The standard InChI is InChI=1S/C19H15FN2O2/c20-16-8-5-13(6-9-16)12-21-18(23)19(24)22-17-10-7-14-3-1-2-4-15(14)11-17/h1-11H,12H2,(H,21,23)(H,22,24). The van der Waals surface area contributed by atoms with Gasteiger partial charge in [0.05, 0.1) is 0 Å². The van der Waals surface area contributed by atoms with Crippen LogP contribution in [-0.2, 0) is 16.1 Å². The second-order valence-corrected chi connectivity index (χ2v) is 5.33. The van der Waals surface area contributed by atoms with Gasteiger partial charge in [-0.3, -0.25) is 9.59 Å². The Morgan fingerprint density at radius 3 is 2.29 bits per heavy atom. The average Bonchev–Trinajstić information content (AvgIpc) is 2.61. The topological polar surface area (TPSA) is 58.2 Å². The first kappa shape index (κ1) is 15.7. The Kier molecular flexibility index (Phi) is 4.52. The van der Waals surface area contributed by atoms with Gasteiger partial charge in [0.15, 0.2) is 0 Å². The molecule has 0 radical (unpaired) electrons. The van der Waals surface area contributed by atoms with Gasteiger partial charge in [0.2, 0.25) is 0 Å². The zero-order valence-corrected chi connectivity index (χ0v) is 12.8. The number of carbonyl (C=O) groups is 2. The van der Waals surface area contributed by atoms with Gasteiger partial charge in [0.1, 0.15) is 5.82 Å². The maximum absolute atomic E-state index is 12.8. The highest BCUT2D eigenvalue weighted by Crippen LogP contribution is 2.18. The molecule has 120 valence electrons. The molecule has 24 heavy (non-hydrogen) atoms. The molecule has 0 aliphatic carbocycles. The fourth-order valence-electron chi connectivity index (χ4n) is 2.32. The number of benzene rings is 3. The lowest BCUT2D eigenvalue weighted by molar-refractivity contribution is -0.136. The highest BCUT2D eigenvalue weighted by Gasteiger charge is 2.13. The van der Waals surface area contributed by atoms with Crippen molar-refractivity contribution in [2.45, 2.75) is 6.54 Å². The minimum atomic E-state index is -0.743. The molecule has 0 unspecified atom stereocenters. The quantitative estimate of drug-likeness (QED) is 0.727. The van der Waals surface area contributed by atoms with Gasteiger partial charge in [-0.2, -0.15) is 0 Å². The van der Waals surface area contributed by atoms with Crippen molar-refractivity contribution >= 4 is 28.3 Å². The summed E-state index contributed by atoms with van der Waals surface area (Å²) in [6.45, 7) is 0.157. The molecule has 3 rings (SSSR count). The van der Waals surface area contributed by atoms with Gasteiger partial charge in [0, 0.05) is 12.2 Å². The zero-order valence-electron chi connectivity index (χ0n) is 12.8. The van der Waals surface area contributed by atoms with Crippen molar-refractivity contribution in [1.82, 2.24) is 5.32 Å². The Morgan fingerprint density at radius 1 is 0.833 bits per heavy atom. The Labute approximate surface area is 138 Å². The highest BCUT2D eigenvalue weighted by atomic mass is 19.1. The van der Waals surface area contributed by atoms with Gasteiger partial charge in [-0.25, -0.2) is 4.39 Å². The van der Waals surface area contributed by atoms with Gasteiger partial charge in [-0.1, -0.05) is 42.5 Å². The molecule has 0 saturated carbocycles. The van der Waals surface area contributed by atoms with Crippen LogP contribution in [-0.4, -0.2) is 11.8 Å². The van der Waals surface area contributed by atoms with E-state index in [2.05, 4.69) is 10.6 Å². The lowest BCUT2D eigenvalue weighted by Crippen LogP contribution is -2.34. The molecule has 0 aliphatic heterocycles. The van der Waals surface area contributed by atoms with Gasteiger partial charge in [-0.15, -0.1) is 0 Å². The van der Waals surface area contributed by atoms with Crippen LogP contribution in [0.25, 0.3) is 10.8 Å². The van der Waals surface area contributed by atoms with Gasteiger partial charge in [0.25, 0.3) is 0 Å². The van der Waals surface area contributed by atoms with E-state index in [1.54, 1.807) is 24.3 Å². The predicted molar refractivity (Wildman–Crippen MR) is 90.8 cm³/mol. The van der Waals surface area contributed by atoms with E-state index in [0.717, 1.165) is 10.8 Å². The fraction of sp³-hybridized carbons (Fsp3) is 0.0526. The molecule has 3 aromatic carbocycles.